The minimum atomic E-state index is -0.0724. The van der Waals surface area contributed by atoms with E-state index in [2.05, 4.69) is 6.07 Å². The van der Waals surface area contributed by atoms with Gasteiger partial charge in [-0.25, -0.2) is 0 Å². The number of hydrogen-bond acceptors (Lipinski definition) is 4. The number of rotatable bonds is 6. The zero-order valence-corrected chi connectivity index (χ0v) is 14.3. The highest BCUT2D eigenvalue weighted by atomic mass is 16.5. The molecule has 4 heteroatoms. The monoisotopic (exact) mass is 343 g/mol. The van der Waals surface area contributed by atoms with Crippen LogP contribution in [-0.2, 0) is 6.61 Å². The third-order valence-corrected chi connectivity index (χ3v) is 3.78. The second-order valence-electron chi connectivity index (χ2n) is 5.79. The van der Waals surface area contributed by atoms with Crippen molar-refractivity contribution in [3.8, 4) is 11.8 Å². The number of allylic oxidation sites excluding steroid dienone is 1. The van der Waals surface area contributed by atoms with E-state index in [9.17, 15) is 4.79 Å². The van der Waals surface area contributed by atoms with Gasteiger partial charge in [0.15, 0.2) is 5.78 Å². The minimum absolute atomic E-state index is 0.0724. The summed E-state index contributed by atoms with van der Waals surface area (Å²) in [5.41, 5.74) is 2.34. The molecule has 0 saturated heterocycles. The fourth-order valence-corrected chi connectivity index (χ4v) is 2.31. The molecule has 3 rings (SSSR count). The first-order valence-electron chi connectivity index (χ1n) is 8.15. The molecule has 3 aromatic rings. The highest BCUT2D eigenvalue weighted by Gasteiger charge is 2.04. The van der Waals surface area contributed by atoms with Crippen LogP contribution in [-0.4, -0.2) is 5.78 Å². The summed E-state index contributed by atoms with van der Waals surface area (Å²) in [5.74, 6) is 1.82. The SMILES string of the molecule is Cc1ccc(C(=O)/C=C/c2ccc(COc3ccc(C#N)cc3)o2)cc1. The van der Waals surface area contributed by atoms with Crippen molar-refractivity contribution in [3.05, 3.63) is 95.0 Å². The first-order chi connectivity index (χ1) is 12.6. The Hall–Kier alpha value is -3.58. The predicted octanol–water partition coefficient (Wildman–Crippen LogP) is 4.93. The highest BCUT2D eigenvalue weighted by Crippen LogP contribution is 2.16. The maximum atomic E-state index is 12.1. The molecule has 0 aliphatic carbocycles. The zero-order valence-electron chi connectivity index (χ0n) is 14.3. The Labute approximate surface area is 152 Å². The number of carbonyl (C=O) groups is 1. The van der Waals surface area contributed by atoms with Gasteiger partial charge in [0, 0.05) is 5.56 Å². The molecule has 0 spiro atoms. The zero-order chi connectivity index (χ0) is 18.4. The van der Waals surface area contributed by atoms with E-state index in [1.54, 1.807) is 54.6 Å². The number of nitriles is 1. The number of nitrogens with zero attached hydrogens (tertiary/aromatic N) is 1. The molecule has 0 N–H and O–H groups in total. The van der Waals surface area contributed by atoms with Gasteiger partial charge in [-0.05, 0) is 55.5 Å². The summed E-state index contributed by atoms with van der Waals surface area (Å²) in [5, 5.41) is 8.78. The number of ketones is 1. The van der Waals surface area contributed by atoms with E-state index in [0.29, 0.717) is 28.4 Å². The molecule has 0 aliphatic heterocycles. The van der Waals surface area contributed by atoms with Gasteiger partial charge < -0.3 is 9.15 Å². The van der Waals surface area contributed by atoms with Crippen LogP contribution in [0.1, 0.15) is 33.0 Å². The Morgan fingerprint density at radius 1 is 1.08 bits per heavy atom. The van der Waals surface area contributed by atoms with Gasteiger partial charge in [0.05, 0.1) is 11.6 Å². The smallest absolute Gasteiger partial charge is 0.185 e. The minimum Gasteiger partial charge on any atom is -0.486 e. The molecule has 0 amide bonds. The highest BCUT2D eigenvalue weighted by molar-refractivity contribution is 6.06. The van der Waals surface area contributed by atoms with Gasteiger partial charge >= 0.3 is 0 Å². The molecule has 4 nitrogen and oxygen atoms in total. The third kappa shape index (κ3) is 4.49. The van der Waals surface area contributed by atoms with Crippen molar-refractivity contribution in [2.75, 3.05) is 0 Å². The van der Waals surface area contributed by atoms with E-state index in [0.717, 1.165) is 5.56 Å². The van der Waals surface area contributed by atoms with Crippen LogP contribution in [0.5, 0.6) is 5.75 Å². The molecule has 0 radical (unpaired) electrons. The second kappa shape index (κ2) is 8.00. The van der Waals surface area contributed by atoms with E-state index < -0.39 is 0 Å². The van der Waals surface area contributed by atoms with Crippen molar-refractivity contribution in [2.24, 2.45) is 0 Å². The fourth-order valence-electron chi connectivity index (χ4n) is 2.31. The molecular formula is C22H17NO3. The Bertz CT molecular complexity index is 958. The number of benzene rings is 2. The maximum absolute atomic E-state index is 12.1. The van der Waals surface area contributed by atoms with Crippen LogP contribution in [0, 0.1) is 18.3 Å². The fraction of sp³-hybridized carbons (Fsp3) is 0.0909. The van der Waals surface area contributed by atoms with E-state index in [-0.39, 0.29) is 12.4 Å². The lowest BCUT2D eigenvalue weighted by atomic mass is 10.1. The second-order valence-corrected chi connectivity index (χ2v) is 5.79. The van der Waals surface area contributed by atoms with E-state index >= 15 is 0 Å². The van der Waals surface area contributed by atoms with E-state index in [4.69, 9.17) is 14.4 Å². The lowest BCUT2D eigenvalue weighted by molar-refractivity contribution is 0.104. The maximum Gasteiger partial charge on any atom is 0.185 e. The molecule has 26 heavy (non-hydrogen) atoms. The van der Waals surface area contributed by atoms with Gasteiger partial charge in [-0.2, -0.15) is 5.26 Å². The lowest BCUT2D eigenvalue weighted by Crippen LogP contribution is -1.94. The summed E-state index contributed by atoms with van der Waals surface area (Å²) in [6.07, 6.45) is 3.14. The topological polar surface area (TPSA) is 63.2 Å². The average molecular weight is 343 g/mol. The number of aryl methyl sites for hydroxylation is 1. The molecule has 0 atom stereocenters. The lowest BCUT2D eigenvalue weighted by Gasteiger charge is -2.03. The van der Waals surface area contributed by atoms with Gasteiger partial charge in [0.2, 0.25) is 0 Å². The van der Waals surface area contributed by atoms with Crippen molar-refractivity contribution < 1.29 is 13.9 Å². The van der Waals surface area contributed by atoms with Crippen LogP contribution < -0.4 is 4.74 Å². The summed E-state index contributed by atoms with van der Waals surface area (Å²) in [6, 6.07) is 20.0. The van der Waals surface area contributed by atoms with Crippen LogP contribution >= 0.6 is 0 Å². The van der Waals surface area contributed by atoms with Crippen LogP contribution in [0.2, 0.25) is 0 Å². The van der Waals surface area contributed by atoms with Gasteiger partial charge in [-0.15, -0.1) is 0 Å². The van der Waals surface area contributed by atoms with Crippen LogP contribution in [0.4, 0.5) is 0 Å². The Morgan fingerprint density at radius 2 is 1.81 bits per heavy atom. The van der Waals surface area contributed by atoms with Crippen molar-refractivity contribution in [1.82, 2.24) is 0 Å². The summed E-state index contributed by atoms with van der Waals surface area (Å²) < 4.78 is 11.3. The first-order valence-corrected chi connectivity index (χ1v) is 8.15. The van der Waals surface area contributed by atoms with Crippen molar-refractivity contribution in [2.45, 2.75) is 13.5 Å². The summed E-state index contributed by atoms with van der Waals surface area (Å²) in [7, 11) is 0. The molecule has 2 aromatic carbocycles. The van der Waals surface area contributed by atoms with Gasteiger partial charge in [-0.3, -0.25) is 4.79 Å². The third-order valence-electron chi connectivity index (χ3n) is 3.78. The summed E-state index contributed by atoms with van der Waals surface area (Å²) in [4.78, 5) is 12.1. The molecule has 128 valence electrons. The van der Waals surface area contributed by atoms with Gasteiger partial charge in [-0.1, -0.05) is 29.8 Å². The standard InChI is InChI=1S/C22H17NO3/c1-16-2-6-18(7-3-16)22(24)13-12-20-10-11-21(26-20)15-25-19-8-4-17(14-23)5-9-19/h2-13H,15H2,1H3/b13-12+. The Balaban J connectivity index is 1.57. The quantitative estimate of drug-likeness (QED) is 0.470. The molecule has 0 saturated carbocycles. The first kappa shape index (κ1) is 17.2. The predicted molar refractivity (Wildman–Crippen MR) is 98.7 cm³/mol. The van der Waals surface area contributed by atoms with Gasteiger partial charge in [0.25, 0.3) is 0 Å². The normalized spacial score (nSPS) is 10.6. The largest absolute Gasteiger partial charge is 0.486 e. The van der Waals surface area contributed by atoms with E-state index in [1.807, 2.05) is 19.1 Å². The van der Waals surface area contributed by atoms with Crippen molar-refractivity contribution in [1.29, 1.82) is 5.26 Å². The summed E-state index contributed by atoms with van der Waals surface area (Å²) >= 11 is 0. The van der Waals surface area contributed by atoms with Crippen molar-refractivity contribution in [3.63, 3.8) is 0 Å². The molecule has 0 fully saturated rings. The number of furan rings is 1. The Kier molecular flexibility index (Phi) is 5.31. The van der Waals surface area contributed by atoms with E-state index in [1.165, 1.54) is 6.08 Å². The van der Waals surface area contributed by atoms with Gasteiger partial charge in [0.1, 0.15) is 23.9 Å². The molecule has 0 bridgehead atoms. The molecular weight excluding hydrogens is 326 g/mol. The summed E-state index contributed by atoms with van der Waals surface area (Å²) in [6.45, 7) is 2.25. The van der Waals surface area contributed by atoms with Crippen LogP contribution in [0.3, 0.4) is 0 Å². The van der Waals surface area contributed by atoms with Crippen LogP contribution in [0.15, 0.2) is 71.2 Å². The number of carbonyl (C=O) groups excluding carboxylic acids is 1. The molecule has 1 aromatic heterocycles. The van der Waals surface area contributed by atoms with Crippen molar-refractivity contribution >= 4 is 11.9 Å². The van der Waals surface area contributed by atoms with Crippen LogP contribution in [0.25, 0.3) is 6.08 Å². The Morgan fingerprint density at radius 3 is 2.50 bits per heavy atom. The average Bonchev–Trinajstić information content (AvgIpc) is 3.13. The molecule has 0 aliphatic rings. The molecule has 1 heterocycles. The number of hydrogen-bond donors (Lipinski definition) is 0. The number of ether oxygens (including phenoxy) is 1. The molecule has 0 unspecified atom stereocenters.